The third-order valence-corrected chi connectivity index (χ3v) is 5.41. The van der Waals surface area contributed by atoms with Crippen LogP contribution in [0.3, 0.4) is 0 Å². The average molecular weight is 337 g/mol. The summed E-state index contributed by atoms with van der Waals surface area (Å²) in [5, 5.41) is 11.4. The van der Waals surface area contributed by atoms with Gasteiger partial charge < -0.3 is 15.2 Å². The quantitative estimate of drug-likeness (QED) is 0.713. The maximum atomic E-state index is 12.6. The molecule has 2 rings (SSSR count). The number of hydrogen-bond acceptors (Lipinski definition) is 4. The zero-order valence-electron chi connectivity index (χ0n) is 13.3. The summed E-state index contributed by atoms with van der Waals surface area (Å²) in [7, 11) is 0. The highest BCUT2D eigenvalue weighted by Crippen LogP contribution is 2.45. The maximum Gasteiger partial charge on any atom is 0.329 e. The molecule has 0 atom stereocenters. The molecule has 1 aromatic rings. The van der Waals surface area contributed by atoms with Crippen LogP contribution in [0, 0.1) is 6.92 Å². The van der Waals surface area contributed by atoms with Crippen LogP contribution in [0.4, 0.5) is 0 Å². The van der Waals surface area contributed by atoms with Crippen molar-refractivity contribution in [1.82, 2.24) is 5.32 Å². The number of benzene rings is 1. The fourth-order valence-electron chi connectivity index (χ4n) is 2.71. The number of hydrogen-bond donors (Lipinski definition) is 2. The molecule has 0 bridgehead atoms. The minimum absolute atomic E-state index is 0.0273. The maximum absolute atomic E-state index is 12.6. The highest BCUT2D eigenvalue weighted by Gasteiger charge is 2.41. The molecule has 5 nitrogen and oxygen atoms in total. The number of carboxylic acid groups (broad SMARTS) is 1. The minimum atomic E-state index is -1.00. The van der Waals surface area contributed by atoms with Crippen LogP contribution in [0.15, 0.2) is 29.2 Å². The molecule has 126 valence electrons. The van der Waals surface area contributed by atoms with Gasteiger partial charge in [0.1, 0.15) is 6.61 Å². The van der Waals surface area contributed by atoms with Gasteiger partial charge in [0, 0.05) is 11.4 Å². The lowest BCUT2D eigenvalue weighted by molar-refractivity contribution is -0.142. The van der Waals surface area contributed by atoms with E-state index >= 15 is 0 Å². The molecular weight excluding hydrogens is 314 g/mol. The van der Waals surface area contributed by atoms with Crippen molar-refractivity contribution in [3.63, 3.8) is 0 Å². The van der Waals surface area contributed by atoms with Crippen LogP contribution in [0.2, 0.25) is 0 Å². The zero-order valence-corrected chi connectivity index (χ0v) is 14.2. The molecule has 1 amide bonds. The summed E-state index contributed by atoms with van der Waals surface area (Å²) in [4.78, 5) is 24.1. The number of carboxylic acids is 1. The lowest BCUT2D eigenvalue weighted by Gasteiger charge is -2.27. The Balaban J connectivity index is 1.90. The van der Waals surface area contributed by atoms with Gasteiger partial charge in [0.2, 0.25) is 5.91 Å². The Hall–Kier alpha value is -1.53. The number of nitrogens with one attached hydrogen (secondary N) is 1. The van der Waals surface area contributed by atoms with Crippen molar-refractivity contribution in [3.05, 3.63) is 29.8 Å². The number of thioether (sulfide) groups is 1. The van der Waals surface area contributed by atoms with E-state index in [1.165, 1.54) is 5.56 Å². The predicted molar refractivity (Wildman–Crippen MR) is 89.7 cm³/mol. The van der Waals surface area contributed by atoms with Crippen molar-refractivity contribution >= 4 is 23.6 Å². The Labute approximate surface area is 140 Å². The summed E-state index contributed by atoms with van der Waals surface area (Å²) < 4.78 is 4.54. The van der Waals surface area contributed by atoms with Crippen LogP contribution >= 0.6 is 11.8 Å². The van der Waals surface area contributed by atoms with Gasteiger partial charge in [0.25, 0.3) is 0 Å². The Morgan fingerprint density at radius 3 is 2.52 bits per heavy atom. The van der Waals surface area contributed by atoms with E-state index in [0.717, 1.165) is 30.6 Å². The smallest absolute Gasteiger partial charge is 0.329 e. The highest BCUT2D eigenvalue weighted by molar-refractivity contribution is 8.01. The van der Waals surface area contributed by atoms with Gasteiger partial charge in [-0.05, 0) is 31.9 Å². The van der Waals surface area contributed by atoms with Crippen LogP contribution in [0.5, 0.6) is 0 Å². The monoisotopic (exact) mass is 337 g/mol. The van der Waals surface area contributed by atoms with E-state index in [1.54, 1.807) is 11.8 Å². The van der Waals surface area contributed by atoms with Crippen molar-refractivity contribution in [1.29, 1.82) is 0 Å². The van der Waals surface area contributed by atoms with Crippen molar-refractivity contribution in [2.24, 2.45) is 0 Å². The van der Waals surface area contributed by atoms with Crippen LogP contribution in [-0.2, 0) is 14.3 Å². The second-order valence-electron chi connectivity index (χ2n) is 5.82. The number of carbonyl (C=O) groups excluding carboxylic acids is 1. The molecule has 0 aromatic heterocycles. The summed E-state index contributed by atoms with van der Waals surface area (Å²) in [5.74, 6) is -0.974. The van der Waals surface area contributed by atoms with E-state index in [9.17, 15) is 9.59 Å². The van der Waals surface area contributed by atoms with Gasteiger partial charge in [-0.1, -0.05) is 30.5 Å². The van der Waals surface area contributed by atoms with Gasteiger partial charge >= 0.3 is 5.97 Å². The fourth-order valence-corrected chi connectivity index (χ4v) is 4.09. The number of rotatable bonds is 8. The number of carbonyl (C=O) groups is 2. The van der Waals surface area contributed by atoms with Crippen molar-refractivity contribution in [3.8, 4) is 0 Å². The largest absolute Gasteiger partial charge is 0.480 e. The molecule has 1 aromatic carbocycles. The topological polar surface area (TPSA) is 75.6 Å². The number of aliphatic carboxylic acids is 1. The van der Waals surface area contributed by atoms with Crippen molar-refractivity contribution in [2.75, 3.05) is 19.8 Å². The van der Waals surface area contributed by atoms with E-state index in [0.29, 0.717) is 6.54 Å². The summed E-state index contributed by atoms with van der Waals surface area (Å²) in [6, 6.07) is 8.23. The Kier molecular flexibility index (Phi) is 6.47. The molecule has 6 heteroatoms. The van der Waals surface area contributed by atoms with E-state index in [2.05, 4.69) is 29.6 Å². The van der Waals surface area contributed by atoms with Gasteiger partial charge in [-0.25, -0.2) is 4.79 Å². The SMILES string of the molecule is Cc1ccc(SC2(C(=O)NCCOCC(=O)O)CCCC2)cc1. The standard InChI is InChI=1S/C17H23NO4S/c1-13-4-6-14(7-5-13)23-17(8-2-3-9-17)16(21)18-10-11-22-12-15(19)20/h4-7H,2-3,8-12H2,1H3,(H,18,21)(H,19,20). The average Bonchev–Trinajstić information content (AvgIpc) is 2.98. The van der Waals surface area contributed by atoms with E-state index in [-0.39, 0.29) is 19.1 Å². The minimum Gasteiger partial charge on any atom is -0.480 e. The number of ether oxygens (including phenoxy) is 1. The molecule has 0 heterocycles. The fraction of sp³-hybridized carbons (Fsp3) is 0.529. The van der Waals surface area contributed by atoms with Gasteiger partial charge in [-0.3, -0.25) is 4.79 Å². The zero-order chi connectivity index (χ0) is 16.7. The van der Waals surface area contributed by atoms with Crippen LogP contribution in [-0.4, -0.2) is 41.5 Å². The van der Waals surface area contributed by atoms with Gasteiger partial charge in [0.05, 0.1) is 11.4 Å². The van der Waals surface area contributed by atoms with E-state index in [1.807, 2.05) is 6.92 Å². The second kappa shape index (κ2) is 8.36. The predicted octanol–water partition coefficient (Wildman–Crippen LogP) is 2.62. The van der Waals surface area contributed by atoms with E-state index < -0.39 is 10.7 Å². The molecule has 1 aliphatic carbocycles. The molecule has 0 radical (unpaired) electrons. The first-order valence-electron chi connectivity index (χ1n) is 7.85. The van der Waals surface area contributed by atoms with Gasteiger partial charge in [-0.2, -0.15) is 0 Å². The molecule has 0 unspecified atom stereocenters. The number of aryl methyl sites for hydroxylation is 1. The first-order valence-corrected chi connectivity index (χ1v) is 8.67. The molecule has 2 N–H and O–H groups in total. The molecule has 0 spiro atoms. The molecule has 23 heavy (non-hydrogen) atoms. The van der Waals surface area contributed by atoms with Crippen LogP contribution < -0.4 is 5.32 Å². The second-order valence-corrected chi connectivity index (χ2v) is 7.28. The molecule has 0 saturated heterocycles. The Bertz CT molecular complexity index is 538. The van der Waals surface area contributed by atoms with Crippen molar-refractivity contribution < 1.29 is 19.4 Å². The third-order valence-electron chi connectivity index (χ3n) is 3.92. The third kappa shape index (κ3) is 5.25. The first kappa shape index (κ1) is 17.8. The van der Waals surface area contributed by atoms with Crippen molar-refractivity contribution in [2.45, 2.75) is 42.2 Å². The van der Waals surface area contributed by atoms with Crippen LogP contribution in [0.1, 0.15) is 31.2 Å². The highest BCUT2D eigenvalue weighted by atomic mass is 32.2. The van der Waals surface area contributed by atoms with Gasteiger partial charge in [-0.15, -0.1) is 11.8 Å². The molecule has 1 saturated carbocycles. The molecule has 0 aliphatic heterocycles. The Morgan fingerprint density at radius 1 is 1.26 bits per heavy atom. The summed E-state index contributed by atoms with van der Waals surface area (Å²) in [6.07, 6.45) is 3.85. The lowest BCUT2D eigenvalue weighted by atomic mass is 10.1. The summed E-state index contributed by atoms with van der Waals surface area (Å²) in [5.41, 5.74) is 1.20. The Morgan fingerprint density at radius 2 is 1.91 bits per heavy atom. The number of amides is 1. The van der Waals surface area contributed by atoms with Gasteiger partial charge in [0.15, 0.2) is 0 Å². The lowest BCUT2D eigenvalue weighted by Crippen LogP contribution is -2.43. The molecule has 1 aliphatic rings. The first-order chi connectivity index (χ1) is 11.0. The van der Waals surface area contributed by atoms with Crippen LogP contribution in [0.25, 0.3) is 0 Å². The normalized spacial score (nSPS) is 16.2. The summed E-state index contributed by atoms with van der Waals surface area (Å²) >= 11 is 1.64. The molecular formula is C17H23NO4S. The summed E-state index contributed by atoms with van der Waals surface area (Å²) in [6.45, 7) is 2.26. The van der Waals surface area contributed by atoms with E-state index in [4.69, 9.17) is 9.84 Å². The molecule has 1 fully saturated rings.